The number of carbonyl (C=O) groups excluding carboxylic acids is 3. The maximum atomic E-state index is 12.5. The van der Waals surface area contributed by atoms with Crippen molar-refractivity contribution < 1.29 is 18.8 Å². The quantitative estimate of drug-likeness (QED) is 0.733. The summed E-state index contributed by atoms with van der Waals surface area (Å²) >= 11 is 0. The third kappa shape index (κ3) is 4.70. The molecule has 0 radical (unpaired) electrons. The van der Waals surface area contributed by atoms with E-state index in [4.69, 9.17) is 10.2 Å². The monoisotopic (exact) mass is 384 g/mol. The number of amides is 4. The van der Waals surface area contributed by atoms with Crippen LogP contribution in [0.5, 0.6) is 0 Å². The molecule has 1 aliphatic rings. The Bertz CT molecular complexity index is 832. The molecule has 4 amide bonds. The van der Waals surface area contributed by atoms with Crippen LogP contribution in [0.15, 0.2) is 47.1 Å². The SMILES string of the molecule is C[C@H]1CC[C@H](C(N)=O)CN1C(=O)NCc1ccc(NC(=O)c2ccco2)cc1. The van der Waals surface area contributed by atoms with Gasteiger partial charge in [0.05, 0.1) is 12.2 Å². The van der Waals surface area contributed by atoms with E-state index in [1.54, 1.807) is 29.2 Å². The topological polar surface area (TPSA) is 118 Å². The fourth-order valence-corrected chi connectivity index (χ4v) is 3.21. The maximum Gasteiger partial charge on any atom is 0.317 e. The van der Waals surface area contributed by atoms with E-state index in [-0.39, 0.29) is 35.6 Å². The summed E-state index contributed by atoms with van der Waals surface area (Å²) in [4.78, 5) is 37.5. The van der Waals surface area contributed by atoms with Gasteiger partial charge in [0.1, 0.15) is 0 Å². The maximum absolute atomic E-state index is 12.5. The molecule has 1 fully saturated rings. The minimum atomic E-state index is -0.364. The first-order valence-electron chi connectivity index (χ1n) is 9.21. The van der Waals surface area contributed by atoms with E-state index in [0.717, 1.165) is 12.0 Å². The molecule has 0 spiro atoms. The predicted molar refractivity (Wildman–Crippen MR) is 103 cm³/mol. The number of nitrogens with one attached hydrogen (secondary N) is 2. The van der Waals surface area contributed by atoms with Crippen molar-refractivity contribution in [3.05, 3.63) is 54.0 Å². The summed E-state index contributed by atoms with van der Waals surface area (Å²) in [5.74, 6) is -0.744. The number of urea groups is 1. The number of rotatable bonds is 5. The van der Waals surface area contributed by atoms with E-state index in [1.807, 2.05) is 19.1 Å². The van der Waals surface area contributed by atoms with Crippen molar-refractivity contribution in [1.82, 2.24) is 10.2 Å². The van der Waals surface area contributed by atoms with Crippen molar-refractivity contribution in [3.63, 3.8) is 0 Å². The number of nitrogens with two attached hydrogens (primary N) is 1. The van der Waals surface area contributed by atoms with Crippen molar-refractivity contribution in [1.29, 1.82) is 0 Å². The molecule has 1 saturated heterocycles. The molecule has 2 heterocycles. The molecule has 0 unspecified atom stereocenters. The minimum absolute atomic E-state index is 0.0646. The second-order valence-electron chi connectivity index (χ2n) is 6.97. The van der Waals surface area contributed by atoms with Crippen molar-refractivity contribution in [2.75, 3.05) is 11.9 Å². The third-order valence-corrected chi connectivity index (χ3v) is 4.95. The molecule has 8 heteroatoms. The van der Waals surface area contributed by atoms with Crippen LogP contribution in [0.4, 0.5) is 10.5 Å². The summed E-state index contributed by atoms with van der Waals surface area (Å²) in [5, 5.41) is 5.61. The van der Waals surface area contributed by atoms with E-state index < -0.39 is 0 Å². The summed E-state index contributed by atoms with van der Waals surface area (Å²) in [6, 6.07) is 10.3. The van der Waals surface area contributed by atoms with Crippen LogP contribution in [-0.4, -0.2) is 35.3 Å². The Morgan fingerprint density at radius 2 is 1.93 bits per heavy atom. The number of likely N-dealkylation sites (tertiary alicyclic amines) is 1. The van der Waals surface area contributed by atoms with Crippen molar-refractivity contribution >= 4 is 23.5 Å². The third-order valence-electron chi connectivity index (χ3n) is 4.95. The highest BCUT2D eigenvalue weighted by atomic mass is 16.3. The standard InChI is InChI=1S/C20H24N4O4/c1-13-4-7-15(18(21)25)12-24(13)20(27)22-11-14-5-8-16(9-6-14)23-19(26)17-3-2-10-28-17/h2-3,5-6,8-10,13,15H,4,7,11-12H2,1H3,(H2,21,25)(H,22,27)(H,23,26)/t13-,15-/m0/s1. The van der Waals surface area contributed by atoms with E-state index >= 15 is 0 Å². The van der Waals surface area contributed by atoms with Crippen LogP contribution < -0.4 is 16.4 Å². The van der Waals surface area contributed by atoms with Crippen LogP contribution in [0.1, 0.15) is 35.9 Å². The Hall–Kier alpha value is -3.29. The highest BCUT2D eigenvalue weighted by Gasteiger charge is 2.31. The normalized spacial score (nSPS) is 19.1. The van der Waals surface area contributed by atoms with Gasteiger partial charge in [0.15, 0.2) is 5.76 Å². The van der Waals surface area contributed by atoms with Crippen LogP contribution >= 0.6 is 0 Å². The zero-order chi connectivity index (χ0) is 20.1. The molecule has 2 aromatic rings. The number of carbonyl (C=O) groups is 3. The lowest BCUT2D eigenvalue weighted by molar-refractivity contribution is -0.123. The van der Waals surface area contributed by atoms with Gasteiger partial charge in [-0.1, -0.05) is 12.1 Å². The molecule has 0 aliphatic carbocycles. The molecule has 3 rings (SSSR count). The van der Waals surface area contributed by atoms with E-state index in [0.29, 0.717) is 25.2 Å². The van der Waals surface area contributed by atoms with E-state index in [2.05, 4.69) is 10.6 Å². The molecule has 1 aromatic carbocycles. The van der Waals surface area contributed by atoms with Gasteiger partial charge in [0, 0.05) is 24.8 Å². The van der Waals surface area contributed by atoms with Gasteiger partial charge >= 0.3 is 6.03 Å². The molecule has 148 valence electrons. The van der Waals surface area contributed by atoms with Crippen LogP contribution in [0.25, 0.3) is 0 Å². The molecule has 1 aliphatic heterocycles. The van der Waals surface area contributed by atoms with Gasteiger partial charge in [-0.15, -0.1) is 0 Å². The lowest BCUT2D eigenvalue weighted by Crippen LogP contribution is -2.51. The van der Waals surface area contributed by atoms with Crippen molar-refractivity contribution in [2.45, 2.75) is 32.4 Å². The van der Waals surface area contributed by atoms with E-state index in [1.165, 1.54) is 6.26 Å². The smallest absolute Gasteiger partial charge is 0.317 e. The first-order valence-corrected chi connectivity index (χ1v) is 9.21. The predicted octanol–water partition coefficient (Wildman–Crippen LogP) is 2.33. The van der Waals surface area contributed by atoms with Crippen LogP contribution in [0.2, 0.25) is 0 Å². The summed E-state index contributed by atoms with van der Waals surface area (Å²) in [6.07, 6.45) is 2.91. The Kier molecular flexibility index (Phi) is 5.98. The highest BCUT2D eigenvalue weighted by Crippen LogP contribution is 2.21. The number of hydrogen-bond acceptors (Lipinski definition) is 4. The molecule has 8 nitrogen and oxygen atoms in total. The number of hydrogen-bond donors (Lipinski definition) is 3. The lowest BCUT2D eigenvalue weighted by atomic mass is 9.93. The summed E-state index contributed by atoms with van der Waals surface area (Å²) in [6.45, 7) is 2.66. The Balaban J connectivity index is 1.52. The van der Waals surface area contributed by atoms with Gasteiger partial charge in [-0.25, -0.2) is 4.79 Å². The zero-order valence-electron chi connectivity index (χ0n) is 15.7. The van der Waals surface area contributed by atoms with Crippen molar-refractivity contribution in [3.8, 4) is 0 Å². The summed E-state index contributed by atoms with van der Waals surface area (Å²) in [7, 11) is 0. The second kappa shape index (κ2) is 8.60. The van der Waals surface area contributed by atoms with Crippen LogP contribution in [0.3, 0.4) is 0 Å². The average Bonchev–Trinajstić information content (AvgIpc) is 3.22. The highest BCUT2D eigenvalue weighted by molar-refractivity contribution is 6.02. The number of furan rings is 1. The Morgan fingerprint density at radius 3 is 2.57 bits per heavy atom. The van der Waals surface area contributed by atoms with Crippen molar-refractivity contribution in [2.24, 2.45) is 11.7 Å². The van der Waals surface area contributed by atoms with E-state index in [9.17, 15) is 14.4 Å². The fraction of sp³-hybridized carbons (Fsp3) is 0.350. The molecule has 0 saturated carbocycles. The van der Waals surface area contributed by atoms with Crippen LogP contribution in [0, 0.1) is 5.92 Å². The zero-order valence-corrected chi connectivity index (χ0v) is 15.7. The van der Waals surface area contributed by atoms with Gasteiger partial charge < -0.3 is 25.7 Å². The molecule has 1 aromatic heterocycles. The molecular formula is C20H24N4O4. The number of piperidine rings is 1. The molecular weight excluding hydrogens is 360 g/mol. The molecule has 0 bridgehead atoms. The Labute approximate surface area is 163 Å². The largest absolute Gasteiger partial charge is 0.459 e. The van der Waals surface area contributed by atoms with Crippen LogP contribution in [-0.2, 0) is 11.3 Å². The molecule has 2 atom stereocenters. The van der Waals surface area contributed by atoms with Gasteiger partial charge in [0.2, 0.25) is 5.91 Å². The first kappa shape index (κ1) is 19.5. The lowest BCUT2D eigenvalue weighted by Gasteiger charge is -2.36. The van der Waals surface area contributed by atoms with Gasteiger partial charge in [0.25, 0.3) is 5.91 Å². The minimum Gasteiger partial charge on any atom is -0.459 e. The first-order chi connectivity index (χ1) is 13.4. The molecule has 28 heavy (non-hydrogen) atoms. The number of primary amides is 1. The number of nitrogens with zero attached hydrogens (tertiary/aromatic N) is 1. The average molecular weight is 384 g/mol. The van der Waals surface area contributed by atoms with Gasteiger partial charge in [-0.2, -0.15) is 0 Å². The summed E-state index contributed by atoms with van der Waals surface area (Å²) < 4.78 is 5.05. The molecule has 4 N–H and O–H groups in total. The second-order valence-corrected chi connectivity index (χ2v) is 6.97. The van der Waals surface area contributed by atoms with Gasteiger partial charge in [-0.3, -0.25) is 9.59 Å². The van der Waals surface area contributed by atoms with Gasteiger partial charge in [-0.05, 0) is 49.6 Å². The number of benzene rings is 1. The number of anilines is 1. The Morgan fingerprint density at radius 1 is 1.18 bits per heavy atom. The fourth-order valence-electron chi connectivity index (χ4n) is 3.21. The summed E-state index contributed by atoms with van der Waals surface area (Å²) in [5.41, 5.74) is 6.91.